The Balaban J connectivity index is 1.57. The maximum absolute atomic E-state index is 4.51. The minimum Gasteiger partial charge on any atom is -0.236 e. The molecule has 0 aliphatic carbocycles. The van der Waals surface area contributed by atoms with E-state index in [-0.39, 0.29) is 0 Å². The molecule has 2 heteroatoms. The zero-order valence-electron chi connectivity index (χ0n) is 14.1. The average molecular weight is 332 g/mol. The van der Waals surface area contributed by atoms with E-state index in [2.05, 4.69) is 82.8 Å². The minimum atomic E-state index is 0.969. The zero-order valence-corrected chi connectivity index (χ0v) is 14.1. The maximum atomic E-state index is 4.51. The molecule has 5 rings (SSSR count). The van der Waals surface area contributed by atoms with Gasteiger partial charge < -0.3 is 0 Å². The minimum absolute atomic E-state index is 0.969. The van der Waals surface area contributed by atoms with E-state index in [4.69, 9.17) is 0 Å². The van der Waals surface area contributed by atoms with Crippen molar-refractivity contribution in [2.75, 3.05) is 0 Å². The van der Waals surface area contributed by atoms with Crippen LogP contribution < -0.4 is 0 Å². The Kier molecular flexibility index (Phi) is 3.46. The SMILES string of the molecule is c1ccc2cc(-c3ccc(-c4ncnc5ccccc45)cc3)ccc2c1. The monoisotopic (exact) mass is 332 g/mol. The molecule has 4 aromatic carbocycles. The second kappa shape index (κ2) is 6.08. The van der Waals surface area contributed by atoms with Crippen molar-refractivity contribution in [3.05, 3.63) is 97.3 Å². The molecule has 0 aliphatic rings. The van der Waals surface area contributed by atoms with Crippen LogP contribution in [-0.4, -0.2) is 9.97 Å². The smallest absolute Gasteiger partial charge is 0.116 e. The molecule has 5 aromatic rings. The van der Waals surface area contributed by atoms with E-state index in [0.717, 1.165) is 22.2 Å². The first-order chi connectivity index (χ1) is 12.9. The molecule has 1 aromatic heterocycles. The first kappa shape index (κ1) is 14.8. The largest absolute Gasteiger partial charge is 0.236 e. The van der Waals surface area contributed by atoms with Crippen LogP contribution in [0.25, 0.3) is 44.1 Å². The lowest BCUT2D eigenvalue weighted by molar-refractivity contribution is 1.22. The molecule has 1 heterocycles. The maximum Gasteiger partial charge on any atom is 0.116 e. The fourth-order valence-electron chi connectivity index (χ4n) is 3.42. The molecule has 0 fully saturated rings. The van der Waals surface area contributed by atoms with Gasteiger partial charge in [-0.05, 0) is 34.0 Å². The van der Waals surface area contributed by atoms with Crippen LogP contribution in [0.4, 0.5) is 0 Å². The van der Waals surface area contributed by atoms with Crippen LogP contribution in [0, 0.1) is 0 Å². The Morgan fingerprint density at radius 1 is 0.500 bits per heavy atom. The molecule has 0 aliphatic heterocycles. The molecule has 2 nitrogen and oxygen atoms in total. The second-order valence-corrected chi connectivity index (χ2v) is 6.38. The van der Waals surface area contributed by atoms with Gasteiger partial charge in [-0.1, -0.05) is 78.9 Å². The van der Waals surface area contributed by atoms with Gasteiger partial charge in [-0.3, -0.25) is 0 Å². The molecule has 0 unspecified atom stereocenters. The van der Waals surface area contributed by atoms with Crippen LogP contribution in [-0.2, 0) is 0 Å². The number of rotatable bonds is 2. The summed E-state index contributed by atoms with van der Waals surface area (Å²) in [5, 5.41) is 3.60. The van der Waals surface area contributed by atoms with Crippen molar-refractivity contribution in [1.29, 1.82) is 0 Å². The van der Waals surface area contributed by atoms with Crippen molar-refractivity contribution < 1.29 is 0 Å². The fourth-order valence-corrected chi connectivity index (χ4v) is 3.42. The number of para-hydroxylation sites is 1. The summed E-state index contributed by atoms with van der Waals surface area (Å²) in [5.74, 6) is 0. The van der Waals surface area contributed by atoms with Crippen LogP contribution in [0.2, 0.25) is 0 Å². The third-order valence-corrected chi connectivity index (χ3v) is 4.78. The quantitative estimate of drug-likeness (QED) is 0.389. The summed E-state index contributed by atoms with van der Waals surface area (Å²) < 4.78 is 0. The molecule has 0 N–H and O–H groups in total. The number of nitrogens with zero attached hydrogens (tertiary/aromatic N) is 2. The highest BCUT2D eigenvalue weighted by Gasteiger charge is 2.06. The van der Waals surface area contributed by atoms with Crippen LogP contribution in [0.5, 0.6) is 0 Å². The summed E-state index contributed by atoms with van der Waals surface area (Å²) in [6.45, 7) is 0. The Bertz CT molecular complexity index is 1220. The highest BCUT2D eigenvalue weighted by atomic mass is 14.8. The van der Waals surface area contributed by atoms with Crippen molar-refractivity contribution >= 4 is 21.7 Å². The normalized spacial score (nSPS) is 11.1. The van der Waals surface area contributed by atoms with Gasteiger partial charge in [0.15, 0.2) is 0 Å². The summed E-state index contributed by atoms with van der Waals surface area (Å²) in [5.41, 5.74) is 5.48. The predicted octanol–water partition coefficient (Wildman–Crippen LogP) is 6.12. The molecule has 122 valence electrons. The molecule has 0 saturated carbocycles. The summed E-state index contributed by atoms with van der Waals surface area (Å²) in [7, 11) is 0. The topological polar surface area (TPSA) is 25.8 Å². The van der Waals surface area contributed by atoms with Crippen molar-refractivity contribution in [1.82, 2.24) is 9.97 Å². The molecule has 0 spiro atoms. The lowest BCUT2D eigenvalue weighted by Crippen LogP contribution is -1.89. The van der Waals surface area contributed by atoms with Gasteiger partial charge in [-0.2, -0.15) is 0 Å². The molecular formula is C24H16N2. The van der Waals surface area contributed by atoms with Crippen LogP contribution in [0.3, 0.4) is 0 Å². The third kappa shape index (κ3) is 2.52. The first-order valence-electron chi connectivity index (χ1n) is 8.68. The van der Waals surface area contributed by atoms with E-state index < -0.39 is 0 Å². The predicted molar refractivity (Wildman–Crippen MR) is 108 cm³/mol. The number of fused-ring (bicyclic) bond motifs is 2. The van der Waals surface area contributed by atoms with Crippen LogP contribution in [0.15, 0.2) is 97.3 Å². The Hall–Kier alpha value is -3.52. The summed E-state index contributed by atoms with van der Waals surface area (Å²) in [6.07, 6.45) is 1.63. The Morgan fingerprint density at radius 3 is 2.08 bits per heavy atom. The molecule has 0 saturated heterocycles. The lowest BCUT2D eigenvalue weighted by atomic mass is 9.99. The molecule has 0 bridgehead atoms. The summed E-state index contributed by atoms with van der Waals surface area (Å²) in [4.78, 5) is 8.86. The third-order valence-electron chi connectivity index (χ3n) is 4.78. The molecule has 26 heavy (non-hydrogen) atoms. The summed E-state index contributed by atoms with van der Waals surface area (Å²) in [6, 6.07) is 31.8. The van der Waals surface area contributed by atoms with Crippen molar-refractivity contribution in [3.63, 3.8) is 0 Å². The average Bonchev–Trinajstić information content (AvgIpc) is 2.73. The molecular weight excluding hydrogens is 316 g/mol. The van der Waals surface area contributed by atoms with E-state index in [1.807, 2.05) is 18.2 Å². The van der Waals surface area contributed by atoms with Gasteiger partial charge in [0.2, 0.25) is 0 Å². The fraction of sp³-hybridized carbons (Fsp3) is 0. The van der Waals surface area contributed by atoms with E-state index in [1.54, 1.807) is 6.33 Å². The summed E-state index contributed by atoms with van der Waals surface area (Å²) >= 11 is 0. The van der Waals surface area contributed by atoms with Gasteiger partial charge in [0, 0.05) is 10.9 Å². The van der Waals surface area contributed by atoms with Crippen LogP contribution >= 0.6 is 0 Å². The van der Waals surface area contributed by atoms with Crippen molar-refractivity contribution in [3.8, 4) is 22.4 Å². The van der Waals surface area contributed by atoms with Crippen molar-refractivity contribution in [2.45, 2.75) is 0 Å². The van der Waals surface area contributed by atoms with E-state index in [0.29, 0.717) is 0 Å². The van der Waals surface area contributed by atoms with Gasteiger partial charge in [-0.15, -0.1) is 0 Å². The van der Waals surface area contributed by atoms with E-state index in [9.17, 15) is 0 Å². The van der Waals surface area contributed by atoms with Gasteiger partial charge in [0.25, 0.3) is 0 Å². The number of aromatic nitrogens is 2. The van der Waals surface area contributed by atoms with Gasteiger partial charge in [-0.25, -0.2) is 9.97 Å². The second-order valence-electron chi connectivity index (χ2n) is 6.38. The zero-order chi connectivity index (χ0) is 17.3. The Morgan fingerprint density at radius 2 is 1.19 bits per heavy atom. The standard InChI is InChI=1S/C24H16N2/c1-2-6-20-15-21(14-11-17(20)5-1)18-9-12-19(13-10-18)24-22-7-3-4-8-23(22)25-16-26-24/h1-16H. The van der Waals surface area contributed by atoms with E-state index in [1.165, 1.54) is 21.9 Å². The molecule has 0 atom stereocenters. The van der Waals surface area contributed by atoms with E-state index >= 15 is 0 Å². The highest BCUT2D eigenvalue weighted by Crippen LogP contribution is 2.29. The van der Waals surface area contributed by atoms with Crippen molar-refractivity contribution in [2.24, 2.45) is 0 Å². The van der Waals surface area contributed by atoms with Gasteiger partial charge >= 0.3 is 0 Å². The number of hydrogen-bond acceptors (Lipinski definition) is 2. The van der Waals surface area contributed by atoms with Gasteiger partial charge in [0.1, 0.15) is 6.33 Å². The molecule has 0 radical (unpaired) electrons. The number of benzene rings is 4. The highest BCUT2D eigenvalue weighted by molar-refractivity contribution is 5.92. The first-order valence-corrected chi connectivity index (χ1v) is 8.68. The van der Waals surface area contributed by atoms with Crippen LogP contribution in [0.1, 0.15) is 0 Å². The molecule has 0 amide bonds. The van der Waals surface area contributed by atoms with Gasteiger partial charge in [0.05, 0.1) is 11.2 Å². The number of hydrogen-bond donors (Lipinski definition) is 0. The Labute approximate surface area is 151 Å². The lowest BCUT2D eigenvalue weighted by Gasteiger charge is -2.08.